The van der Waals surface area contributed by atoms with Gasteiger partial charge in [-0.15, -0.1) is 6.42 Å². The van der Waals surface area contributed by atoms with E-state index in [1.54, 1.807) is 6.07 Å². The summed E-state index contributed by atoms with van der Waals surface area (Å²) in [5.74, 6) is 2.52. The van der Waals surface area contributed by atoms with Gasteiger partial charge in [0.2, 0.25) is 5.91 Å². The third-order valence-electron chi connectivity index (χ3n) is 3.25. The fourth-order valence-electron chi connectivity index (χ4n) is 2.27. The molecule has 1 aromatic carbocycles. The molecule has 0 aromatic heterocycles. The monoisotopic (exact) mass is 243 g/mol. The molecule has 0 saturated carbocycles. The van der Waals surface area contributed by atoms with Gasteiger partial charge in [-0.05, 0) is 31.0 Å². The minimum atomic E-state index is -0.0514. The van der Waals surface area contributed by atoms with Crippen LogP contribution in [0.1, 0.15) is 25.3 Å². The lowest BCUT2D eigenvalue weighted by Crippen LogP contribution is -2.29. The van der Waals surface area contributed by atoms with Gasteiger partial charge in [0, 0.05) is 17.9 Å². The van der Waals surface area contributed by atoms with Crippen LogP contribution in [0.2, 0.25) is 0 Å². The minimum Gasteiger partial charge on any atom is -0.377 e. The third kappa shape index (κ3) is 2.72. The zero-order valence-corrected chi connectivity index (χ0v) is 10.5. The molecule has 2 rings (SSSR count). The Bertz CT molecular complexity index is 476. The number of terminal acetylenes is 1. The molecule has 0 radical (unpaired) electrons. The van der Waals surface area contributed by atoms with Gasteiger partial charge in [0.25, 0.3) is 0 Å². The molecule has 1 heterocycles. The summed E-state index contributed by atoms with van der Waals surface area (Å²) >= 11 is 0. The van der Waals surface area contributed by atoms with E-state index in [1.807, 2.05) is 25.1 Å². The molecule has 1 fully saturated rings. The summed E-state index contributed by atoms with van der Waals surface area (Å²) in [6.45, 7) is 2.70. The molecule has 2 atom stereocenters. The second kappa shape index (κ2) is 5.70. The number of anilines is 1. The van der Waals surface area contributed by atoms with E-state index < -0.39 is 0 Å². The number of hydrogen-bond donors (Lipinski definition) is 1. The van der Waals surface area contributed by atoms with Crippen LogP contribution < -0.4 is 5.32 Å². The lowest BCUT2D eigenvalue weighted by Gasteiger charge is -2.16. The zero-order valence-electron chi connectivity index (χ0n) is 10.5. The van der Waals surface area contributed by atoms with E-state index in [2.05, 4.69) is 11.2 Å². The number of hydrogen-bond acceptors (Lipinski definition) is 2. The first-order chi connectivity index (χ1) is 8.74. The van der Waals surface area contributed by atoms with E-state index in [4.69, 9.17) is 11.2 Å². The Balaban J connectivity index is 2.04. The number of carbonyl (C=O) groups is 1. The largest absolute Gasteiger partial charge is 0.377 e. The van der Waals surface area contributed by atoms with E-state index in [0.717, 1.165) is 24.1 Å². The molecule has 0 aliphatic carbocycles. The molecule has 1 saturated heterocycles. The zero-order chi connectivity index (χ0) is 13.0. The van der Waals surface area contributed by atoms with Crippen molar-refractivity contribution in [2.45, 2.75) is 25.9 Å². The van der Waals surface area contributed by atoms with Crippen molar-refractivity contribution in [3.05, 3.63) is 29.8 Å². The molecule has 3 nitrogen and oxygen atoms in total. The molecular formula is C15H17NO2. The Morgan fingerprint density at radius 1 is 1.61 bits per heavy atom. The lowest BCUT2D eigenvalue weighted by atomic mass is 9.98. The highest BCUT2D eigenvalue weighted by molar-refractivity contribution is 5.93. The molecule has 1 aromatic rings. The second-order valence-corrected chi connectivity index (χ2v) is 4.43. The lowest BCUT2D eigenvalue weighted by molar-refractivity contribution is -0.121. The van der Waals surface area contributed by atoms with Crippen molar-refractivity contribution in [2.24, 2.45) is 5.92 Å². The predicted octanol–water partition coefficient (Wildman–Crippen LogP) is 2.42. The molecule has 2 unspecified atom stereocenters. The van der Waals surface area contributed by atoms with Crippen LogP contribution in [-0.2, 0) is 9.53 Å². The Labute approximate surface area is 108 Å². The van der Waals surface area contributed by atoms with Crippen LogP contribution in [0.3, 0.4) is 0 Å². The summed E-state index contributed by atoms with van der Waals surface area (Å²) in [5, 5.41) is 2.91. The molecule has 1 amide bonds. The summed E-state index contributed by atoms with van der Waals surface area (Å²) in [5.41, 5.74) is 1.51. The molecule has 1 aliphatic rings. The first-order valence-corrected chi connectivity index (χ1v) is 6.23. The summed E-state index contributed by atoms with van der Waals surface area (Å²) in [6.07, 6.45) is 7.03. The predicted molar refractivity (Wildman–Crippen MR) is 71.1 cm³/mol. The fraction of sp³-hybridized carbons (Fsp3) is 0.400. The SMILES string of the molecule is C#Cc1cccc(NC(=O)C2CCOC2CC)c1. The van der Waals surface area contributed by atoms with Gasteiger partial charge < -0.3 is 10.1 Å². The Morgan fingerprint density at radius 3 is 3.17 bits per heavy atom. The van der Waals surface area contributed by atoms with Gasteiger partial charge in [-0.2, -0.15) is 0 Å². The summed E-state index contributed by atoms with van der Waals surface area (Å²) in [7, 11) is 0. The van der Waals surface area contributed by atoms with E-state index >= 15 is 0 Å². The van der Waals surface area contributed by atoms with Crippen molar-refractivity contribution >= 4 is 11.6 Å². The van der Waals surface area contributed by atoms with E-state index in [0.29, 0.717) is 6.61 Å². The standard InChI is InChI=1S/C15H17NO2/c1-3-11-6-5-7-12(10-11)16-15(17)13-8-9-18-14(13)4-2/h1,5-7,10,13-14H,4,8-9H2,2H3,(H,16,17). The van der Waals surface area contributed by atoms with Gasteiger partial charge >= 0.3 is 0 Å². The third-order valence-corrected chi connectivity index (χ3v) is 3.25. The Hall–Kier alpha value is -1.79. The summed E-state index contributed by atoms with van der Waals surface area (Å²) in [4.78, 5) is 12.1. The average Bonchev–Trinajstić information content (AvgIpc) is 2.87. The molecule has 18 heavy (non-hydrogen) atoms. The van der Waals surface area contributed by atoms with Crippen molar-refractivity contribution in [3.8, 4) is 12.3 Å². The number of benzene rings is 1. The molecular weight excluding hydrogens is 226 g/mol. The minimum absolute atomic E-state index is 0.0218. The van der Waals surface area contributed by atoms with Gasteiger partial charge in [-0.25, -0.2) is 0 Å². The molecule has 1 aliphatic heterocycles. The van der Waals surface area contributed by atoms with E-state index in [1.165, 1.54) is 0 Å². The van der Waals surface area contributed by atoms with Crippen LogP contribution in [0.5, 0.6) is 0 Å². The van der Waals surface area contributed by atoms with Crippen LogP contribution in [0.4, 0.5) is 5.69 Å². The van der Waals surface area contributed by atoms with Crippen LogP contribution in [0.15, 0.2) is 24.3 Å². The molecule has 3 heteroatoms. The van der Waals surface area contributed by atoms with Crippen molar-refractivity contribution in [2.75, 3.05) is 11.9 Å². The number of ether oxygens (including phenoxy) is 1. The summed E-state index contributed by atoms with van der Waals surface area (Å²) in [6, 6.07) is 7.32. The maximum atomic E-state index is 12.1. The van der Waals surface area contributed by atoms with Crippen molar-refractivity contribution < 1.29 is 9.53 Å². The van der Waals surface area contributed by atoms with Gasteiger partial charge in [0.15, 0.2) is 0 Å². The van der Waals surface area contributed by atoms with Crippen LogP contribution in [-0.4, -0.2) is 18.6 Å². The smallest absolute Gasteiger partial charge is 0.230 e. The van der Waals surface area contributed by atoms with Gasteiger partial charge in [-0.1, -0.05) is 18.9 Å². The fourth-order valence-corrected chi connectivity index (χ4v) is 2.27. The number of nitrogens with one attached hydrogen (secondary N) is 1. The first-order valence-electron chi connectivity index (χ1n) is 6.23. The normalized spacial score (nSPS) is 22.4. The second-order valence-electron chi connectivity index (χ2n) is 4.43. The Kier molecular flexibility index (Phi) is 4.01. The topological polar surface area (TPSA) is 38.3 Å². The number of amides is 1. The highest BCUT2D eigenvalue weighted by Gasteiger charge is 2.32. The number of carbonyl (C=O) groups excluding carboxylic acids is 1. The van der Waals surface area contributed by atoms with Gasteiger partial charge in [0.05, 0.1) is 12.0 Å². The molecule has 0 spiro atoms. The van der Waals surface area contributed by atoms with Crippen LogP contribution in [0, 0.1) is 18.3 Å². The first kappa shape index (κ1) is 12.7. The molecule has 1 N–H and O–H groups in total. The highest BCUT2D eigenvalue weighted by atomic mass is 16.5. The van der Waals surface area contributed by atoms with Crippen molar-refractivity contribution in [1.29, 1.82) is 0 Å². The van der Waals surface area contributed by atoms with Crippen molar-refractivity contribution in [3.63, 3.8) is 0 Å². The Morgan fingerprint density at radius 2 is 2.44 bits per heavy atom. The maximum absolute atomic E-state index is 12.1. The van der Waals surface area contributed by atoms with Gasteiger partial charge in [-0.3, -0.25) is 4.79 Å². The van der Waals surface area contributed by atoms with Crippen LogP contribution >= 0.6 is 0 Å². The van der Waals surface area contributed by atoms with E-state index in [-0.39, 0.29) is 17.9 Å². The molecule has 0 bridgehead atoms. The van der Waals surface area contributed by atoms with Crippen LogP contribution in [0.25, 0.3) is 0 Å². The summed E-state index contributed by atoms with van der Waals surface area (Å²) < 4.78 is 5.53. The van der Waals surface area contributed by atoms with Gasteiger partial charge in [0.1, 0.15) is 0 Å². The van der Waals surface area contributed by atoms with Crippen molar-refractivity contribution in [1.82, 2.24) is 0 Å². The maximum Gasteiger partial charge on any atom is 0.230 e. The highest BCUT2D eigenvalue weighted by Crippen LogP contribution is 2.25. The molecule has 94 valence electrons. The quantitative estimate of drug-likeness (QED) is 0.828. The number of rotatable bonds is 3. The average molecular weight is 243 g/mol. The van der Waals surface area contributed by atoms with E-state index in [9.17, 15) is 4.79 Å².